The van der Waals surface area contributed by atoms with Gasteiger partial charge in [-0.05, 0) is 51.4 Å². The zero-order chi connectivity index (χ0) is 18.4. The Kier molecular flexibility index (Phi) is 13.7. The molecule has 0 saturated carbocycles. The van der Waals surface area contributed by atoms with Crippen molar-refractivity contribution in [1.29, 1.82) is 0 Å². The lowest BCUT2D eigenvalue weighted by molar-refractivity contribution is -0.137. The molecule has 0 aromatic carbocycles. The maximum Gasteiger partial charge on any atom is 0.303 e. The fourth-order valence-electron chi connectivity index (χ4n) is 3.33. The monoisotopic (exact) mass is 336 g/mol. The lowest BCUT2D eigenvalue weighted by atomic mass is 9.95. The van der Waals surface area contributed by atoms with Crippen LogP contribution in [0.1, 0.15) is 98.8 Å². The molecule has 0 saturated heterocycles. The summed E-state index contributed by atoms with van der Waals surface area (Å²) in [7, 11) is 0. The van der Waals surface area contributed by atoms with Gasteiger partial charge in [0, 0.05) is 6.42 Å². The number of aliphatic carboxylic acids is 1. The third kappa shape index (κ3) is 14.5. The summed E-state index contributed by atoms with van der Waals surface area (Å²) in [6.45, 7) is 11.3. The molecule has 0 aromatic heterocycles. The van der Waals surface area contributed by atoms with Gasteiger partial charge in [-0.3, -0.25) is 4.79 Å². The number of rotatable bonds is 14. The maximum atomic E-state index is 10.5. The molecule has 0 bridgehead atoms. The molecular weight excluding hydrogens is 296 g/mol. The largest absolute Gasteiger partial charge is 0.481 e. The molecule has 0 aliphatic rings. The summed E-state index contributed by atoms with van der Waals surface area (Å²) >= 11 is 0. The first-order valence-corrected chi connectivity index (χ1v) is 9.91. The summed E-state index contributed by atoms with van der Waals surface area (Å²) < 4.78 is 0. The highest BCUT2D eigenvalue weighted by Crippen LogP contribution is 2.19. The van der Waals surface area contributed by atoms with Crippen LogP contribution in [0.2, 0.25) is 0 Å². The van der Waals surface area contributed by atoms with Crippen LogP contribution in [0.3, 0.4) is 0 Å². The van der Waals surface area contributed by atoms with Gasteiger partial charge in [0.25, 0.3) is 0 Å². The van der Waals surface area contributed by atoms with Crippen molar-refractivity contribution in [2.45, 2.75) is 98.8 Å². The Morgan fingerprint density at radius 2 is 1.38 bits per heavy atom. The van der Waals surface area contributed by atoms with Crippen LogP contribution >= 0.6 is 0 Å². The third-order valence-corrected chi connectivity index (χ3v) is 4.51. The third-order valence-electron chi connectivity index (χ3n) is 4.51. The lowest BCUT2D eigenvalue weighted by Crippen LogP contribution is -1.96. The minimum atomic E-state index is -0.676. The van der Waals surface area contributed by atoms with E-state index in [-0.39, 0.29) is 0 Å². The van der Waals surface area contributed by atoms with Crippen LogP contribution in [0.4, 0.5) is 0 Å². The molecule has 2 nitrogen and oxygen atoms in total. The van der Waals surface area contributed by atoms with Gasteiger partial charge < -0.3 is 5.11 Å². The predicted octanol–water partition coefficient (Wildman–Crippen LogP) is 7.16. The lowest BCUT2D eigenvalue weighted by Gasteiger charge is -2.11. The fourth-order valence-corrected chi connectivity index (χ4v) is 3.33. The molecule has 2 heteroatoms. The summed E-state index contributed by atoms with van der Waals surface area (Å²) in [6, 6.07) is 0. The van der Waals surface area contributed by atoms with Crippen molar-refractivity contribution in [3.8, 4) is 0 Å². The van der Waals surface area contributed by atoms with Gasteiger partial charge in [-0.15, -0.1) is 0 Å². The van der Waals surface area contributed by atoms with Crippen molar-refractivity contribution in [2.75, 3.05) is 0 Å². The normalized spacial score (nSPS) is 15.4. The molecule has 0 radical (unpaired) electrons. The average molecular weight is 337 g/mol. The van der Waals surface area contributed by atoms with Gasteiger partial charge in [0.1, 0.15) is 0 Å². The quantitative estimate of drug-likeness (QED) is 0.270. The van der Waals surface area contributed by atoms with E-state index in [1.165, 1.54) is 36.8 Å². The predicted molar refractivity (Wildman–Crippen MR) is 105 cm³/mol. The van der Waals surface area contributed by atoms with Crippen molar-refractivity contribution >= 4 is 5.97 Å². The Bertz CT molecular complexity index is 393. The molecule has 0 aromatic rings. The summed E-state index contributed by atoms with van der Waals surface area (Å²) in [5.74, 6) is 0.602. The number of hydrogen-bond acceptors (Lipinski definition) is 1. The molecule has 0 fully saturated rings. The topological polar surface area (TPSA) is 37.3 Å². The molecule has 2 atom stereocenters. The summed E-state index contributed by atoms with van der Waals surface area (Å²) in [6.07, 6.45) is 15.7. The highest BCUT2D eigenvalue weighted by molar-refractivity contribution is 5.66. The first kappa shape index (κ1) is 22.9. The molecular formula is C22H40O2. The van der Waals surface area contributed by atoms with E-state index in [0.717, 1.165) is 32.1 Å². The highest BCUT2D eigenvalue weighted by Gasteiger charge is 2.03. The summed E-state index contributed by atoms with van der Waals surface area (Å²) in [4.78, 5) is 10.5. The van der Waals surface area contributed by atoms with Gasteiger partial charge in [0.15, 0.2) is 0 Å². The van der Waals surface area contributed by atoms with Crippen LogP contribution < -0.4 is 0 Å². The number of allylic oxidation sites excluding steroid dienone is 4. The molecule has 0 rings (SSSR count). The summed E-state index contributed by atoms with van der Waals surface area (Å²) in [5, 5.41) is 8.63. The van der Waals surface area contributed by atoms with E-state index in [0.29, 0.717) is 18.3 Å². The van der Waals surface area contributed by atoms with E-state index in [1.54, 1.807) is 0 Å². The van der Waals surface area contributed by atoms with Gasteiger partial charge >= 0.3 is 5.97 Å². The Morgan fingerprint density at radius 3 is 1.83 bits per heavy atom. The van der Waals surface area contributed by atoms with E-state index >= 15 is 0 Å². The van der Waals surface area contributed by atoms with E-state index in [9.17, 15) is 4.79 Å². The molecule has 0 aliphatic carbocycles. The summed E-state index contributed by atoms with van der Waals surface area (Å²) in [5.41, 5.74) is 2.95. The van der Waals surface area contributed by atoms with E-state index in [1.807, 2.05) is 0 Å². The van der Waals surface area contributed by atoms with Crippen molar-refractivity contribution in [3.63, 3.8) is 0 Å². The molecule has 24 heavy (non-hydrogen) atoms. The Hall–Kier alpha value is -1.05. The second-order valence-electron chi connectivity index (χ2n) is 7.65. The number of hydrogen-bond donors (Lipinski definition) is 1. The fraction of sp³-hybridized carbons (Fsp3) is 0.773. The standard InChI is InChI=1S/C22H40O2/c1-6-7-9-12-18(2)15-20(4)17-21(5)16-19(3)13-10-8-11-14-22(23)24/h15-16,18-19H,6-14,17H2,1-5H3,(H,23,24)/b20-15-,21-16+/t18-,19+/m0/s1. The Balaban J connectivity index is 4.06. The molecule has 140 valence electrons. The maximum absolute atomic E-state index is 10.5. The van der Waals surface area contributed by atoms with Gasteiger partial charge in [-0.1, -0.05) is 76.2 Å². The second kappa shape index (κ2) is 14.3. The molecule has 0 unspecified atom stereocenters. The van der Waals surface area contributed by atoms with Crippen LogP contribution in [0, 0.1) is 11.8 Å². The van der Waals surface area contributed by atoms with E-state index < -0.39 is 5.97 Å². The minimum Gasteiger partial charge on any atom is -0.481 e. The highest BCUT2D eigenvalue weighted by atomic mass is 16.4. The van der Waals surface area contributed by atoms with Gasteiger partial charge in [-0.25, -0.2) is 0 Å². The molecule has 0 spiro atoms. The second-order valence-corrected chi connectivity index (χ2v) is 7.65. The number of carbonyl (C=O) groups is 1. The van der Waals surface area contributed by atoms with Crippen LogP contribution in [0.5, 0.6) is 0 Å². The first-order valence-electron chi connectivity index (χ1n) is 9.91. The van der Waals surface area contributed by atoms with Crippen molar-refractivity contribution in [2.24, 2.45) is 11.8 Å². The van der Waals surface area contributed by atoms with Gasteiger partial charge in [-0.2, -0.15) is 0 Å². The van der Waals surface area contributed by atoms with Crippen LogP contribution in [0.15, 0.2) is 23.3 Å². The Morgan fingerprint density at radius 1 is 0.875 bits per heavy atom. The SMILES string of the molecule is CCCCC[C@H](C)/C=C(/C)C/C(C)=C/[C@H](C)CCCCCC(=O)O. The molecule has 0 amide bonds. The number of carboxylic acid groups (broad SMARTS) is 1. The van der Waals surface area contributed by atoms with E-state index in [2.05, 4.69) is 46.8 Å². The van der Waals surface area contributed by atoms with Crippen molar-refractivity contribution in [1.82, 2.24) is 0 Å². The first-order chi connectivity index (χ1) is 11.3. The zero-order valence-electron chi connectivity index (χ0n) is 16.7. The van der Waals surface area contributed by atoms with E-state index in [4.69, 9.17) is 5.11 Å². The van der Waals surface area contributed by atoms with Gasteiger partial charge in [0.05, 0.1) is 0 Å². The number of unbranched alkanes of at least 4 members (excludes halogenated alkanes) is 4. The molecule has 1 N–H and O–H groups in total. The van der Waals surface area contributed by atoms with Gasteiger partial charge in [0.2, 0.25) is 0 Å². The van der Waals surface area contributed by atoms with Crippen molar-refractivity contribution < 1.29 is 9.90 Å². The van der Waals surface area contributed by atoms with Crippen LogP contribution in [0.25, 0.3) is 0 Å². The molecule has 0 aliphatic heterocycles. The zero-order valence-corrected chi connectivity index (χ0v) is 16.7. The minimum absolute atomic E-state index is 0.309. The van der Waals surface area contributed by atoms with Crippen LogP contribution in [-0.4, -0.2) is 11.1 Å². The smallest absolute Gasteiger partial charge is 0.303 e. The molecule has 0 heterocycles. The Labute approximate surface area is 150 Å². The number of carboxylic acids is 1. The average Bonchev–Trinajstić information content (AvgIpc) is 2.46. The van der Waals surface area contributed by atoms with Crippen LogP contribution in [-0.2, 0) is 4.79 Å². The van der Waals surface area contributed by atoms with Crippen molar-refractivity contribution in [3.05, 3.63) is 23.3 Å².